The van der Waals surface area contributed by atoms with Gasteiger partial charge in [-0.3, -0.25) is 4.98 Å². The molecule has 13 heavy (non-hydrogen) atoms. The van der Waals surface area contributed by atoms with E-state index in [0.29, 0.717) is 5.82 Å². The summed E-state index contributed by atoms with van der Waals surface area (Å²) in [5, 5.41) is 2.59. The summed E-state index contributed by atoms with van der Waals surface area (Å²) in [7, 11) is 0. The van der Waals surface area contributed by atoms with Crippen LogP contribution in [-0.2, 0) is 0 Å². The predicted octanol–water partition coefficient (Wildman–Crippen LogP) is 2.10. The molecule has 0 amide bonds. The lowest BCUT2D eigenvalue weighted by Crippen LogP contribution is -1.85. The molecule has 2 aromatic rings. The first kappa shape index (κ1) is 8.12. The van der Waals surface area contributed by atoms with Gasteiger partial charge in [-0.1, -0.05) is 6.07 Å². The highest BCUT2D eigenvalue weighted by Gasteiger charge is 2.02. The number of aromatic amines is 1. The lowest BCUT2D eigenvalue weighted by Gasteiger charge is -1.93. The summed E-state index contributed by atoms with van der Waals surface area (Å²) in [5.74, 6) is 0.560. The Labute approximate surface area is 79.6 Å². The SMILES string of the molecule is Cc1ccc(-c2nc(=S)o[nH]2)nc1. The molecule has 0 fully saturated rings. The van der Waals surface area contributed by atoms with E-state index in [1.54, 1.807) is 6.20 Å². The van der Waals surface area contributed by atoms with Crippen LogP contribution in [0.25, 0.3) is 11.5 Å². The van der Waals surface area contributed by atoms with Crippen molar-refractivity contribution in [1.29, 1.82) is 0 Å². The zero-order valence-corrected chi connectivity index (χ0v) is 7.76. The second-order valence-corrected chi connectivity index (χ2v) is 3.00. The Morgan fingerprint density at radius 2 is 2.31 bits per heavy atom. The summed E-state index contributed by atoms with van der Waals surface area (Å²) in [6.07, 6.45) is 1.76. The van der Waals surface area contributed by atoms with Crippen molar-refractivity contribution in [1.82, 2.24) is 15.1 Å². The molecule has 0 aromatic carbocycles. The molecule has 1 N–H and O–H groups in total. The molecule has 0 aliphatic carbocycles. The van der Waals surface area contributed by atoms with Crippen molar-refractivity contribution in [2.24, 2.45) is 0 Å². The quantitative estimate of drug-likeness (QED) is 0.705. The fourth-order valence-electron chi connectivity index (χ4n) is 0.946. The van der Waals surface area contributed by atoms with Crippen molar-refractivity contribution in [2.45, 2.75) is 6.92 Å². The summed E-state index contributed by atoms with van der Waals surface area (Å²) < 4.78 is 4.79. The highest BCUT2D eigenvalue weighted by molar-refractivity contribution is 7.71. The number of aryl methyl sites for hydroxylation is 1. The van der Waals surface area contributed by atoms with E-state index >= 15 is 0 Å². The minimum Gasteiger partial charge on any atom is -0.348 e. The van der Waals surface area contributed by atoms with Crippen molar-refractivity contribution in [3.63, 3.8) is 0 Å². The second kappa shape index (κ2) is 3.10. The van der Waals surface area contributed by atoms with Crippen LogP contribution in [0.1, 0.15) is 5.56 Å². The van der Waals surface area contributed by atoms with E-state index in [0.717, 1.165) is 11.3 Å². The Bertz CT molecular complexity index is 457. The van der Waals surface area contributed by atoms with E-state index in [9.17, 15) is 0 Å². The third-order valence-corrected chi connectivity index (χ3v) is 1.77. The first-order valence-corrected chi connectivity index (χ1v) is 4.15. The number of hydrogen-bond donors (Lipinski definition) is 1. The number of nitrogens with one attached hydrogen (secondary N) is 1. The molecule has 0 radical (unpaired) electrons. The minimum absolute atomic E-state index is 0.192. The average molecular weight is 193 g/mol. The fraction of sp³-hybridized carbons (Fsp3) is 0.125. The summed E-state index contributed by atoms with van der Waals surface area (Å²) in [6.45, 7) is 1.97. The van der Waals surface area contributed by atoms with Crippen molar-refractivity contribution in [3.05, 3.63) is 28.7 Å². The third-order valence-electron chi connectivity index (χ3n) is 1.59. The van der Waals surface area contributed by atoms with Crippen molar-refractivity contribution < 1.29 is 4.52 Å². The van der Waals surface area contributed by atoms with Crippen molar-refractivity contribution in [3.8, 4) is 11.5 Å². The number of rotatable bonds is 1. The van der Waals surface area contributed by atoms with Gasteiger partial charge in [0.05, 0.1) is 0 Å². The molecule has 2 heterocycles. The van der Waals surface area contributed by atoms with Gasteiger partial charge < -0.3 is 4.52 Å². The molecule has 2 rings (SSSR count). The maximum absolute atomic E-state index is 4.79. The van der Waals surface area contributed by atoms with Crippen LogP contribution in [0, 0.1) is 11.8 Å². The van der Waals surface area contributed by atoms with Gasteiger partial charge in [-0.15, -0.1) is 0 Å². The van der Waals surface area contributed by atoms with Gasteiger partial charge in [-0.05, 0) is 30.8 Å². The molecule has 0 atom stereocenters. The highest BCUT2D eigenvalue weighted by Crippen LogP contribution is 2.11. The van der Waals surface area contributed by atoms with Crippen LogP contribution in [0.5, 0.6) is 0 Å². The largest absolute Gasteiger partial charge is 0.348 e. The lowest BCUT2D eigenvalue weighted by molar-refractivity contribution is 0.406. The third kappa shape index (κ3) is 1.65. The van der Waals surface area contributed by atoms with Crippen LogP contribution in [-0.4, -0.2) is 15.1 Å². The molecule has 0 spiro atoms. The zero-order chi connectivity index (χ0) is 9.26. The van der Waals surface area contributed by atoms with Crippen LogP contribution >= 0.6 is 12.2 Å². The van der Waals surface area contributed by atoms with Crippen LogP contribution < -0.4 is 0 Å². The number of nitrogens with zero attached hydrogens (tertiary/aromatic N) is 2. The molecule has 0 aliphatic heterocycles. The summed E-state index contributed by atoms with van der Waals surface area (Å²) in [5.41, 5.74) is 1.83. The van der Waals surface area contributed by atoms with Crippen LogP contribution in [0.15, 0.2) is 22.9 Å². The monoisotopic (exact) mass is 193 g/mol. The standard InChI is InChI=1S/C8H7N3OS/c1-5-2-3-6(9-4-5)7-10-8(13)12-11-7/h2-4H,1H3,(H,10,11,13). The number of H-pyrrole nitrogens is 1. The van der Waals surface area contributed by atoms with Gasteiger partial charge >= 0.3 is 4.84 Å². The Hall–Kier alpha value is -1.49. The Kier molecular flexibility index (Phi) is 1.94. The molecule has 0 saturated heterocycles. The maximum atomic E-state index is 4.79. The summed E-state index contributed by atoms with van der Waals surface area (Å²) in [4.78, 5) is 8.29. The number of pyridine rings is 1. The van der Waals surface area contributed by atoms with E-state index in [4.69, 9.17) is 16.7 Å². The molecule has 0 saturated carbocycles. The Morgan fingerprint density at radius 3 is 2.85 bits per heavy atom. The Balaban J connectivity index is 2.47. The van der Waals surface area contributed by atoms with E-state index in [-0.39, 0.29) is 4.84 Å². The molecular weight excluding hydrogens is 186 g/mol. The first-order chi connectivity index (χ1) is 6.25. The second-order valence-electron chi connectivity index (χ2n) is 2.65. The summed E-state index contributed by atoms with van der Waals surface area (Å²) >= 11 is 4.72. The van der Waals surface area contributed by atoms with E-state index in [1.807, 2.05) is 19.1 Å². The molecule has 0 aliphatic rings. The predicted molar refractivity (Wildman–Crippen MR) is 49.7 cm³/mol. The molecule has 5 heteroatoms. The minimum atomic E-state index is 0.192. The normalized spacial score (nSPS) is 10.2. The van der Waals surface area contributed by atoms with Crippen LogP contribution in [0.3, 0.4) is 0 Å². The van der Waals surface area contributed by atoms with Gasteiger partial charge in [0.1, 0.15) is 5.69 Å². The van der Waals surface area contributed by atoms with Crippen molar-refractivity contribution >= 4 is 12.2 Å². The number of aromatic nitrogens is 3. The van der Waals surface area contributed by atoms with Crippen LogP contribution in [0.4, 0.5) is 0 Å². The van der Waals surface area contributed by atoms with Gasteiger partial charge in [0.2, 0.25) is 0 Å². The topological polar surface area (TPSA) is 54.7 Å². The maximum Gasteiger partial charge on any atom is 0.314 e. The highest BCUT2D eigenvalue weighted by atomic mass is 32.1. The van der Waals surface area contributed by atoms with Gasteiger partial charge in [0.15, 0.2) is 5.82 Å². The van der Waals surface area contributed by atoms with Crippen LogP contribution in [0.2, 0.25) is 0 Å². The van der Waals surface area contributed by atoms with E-state index < -0.39 is 0 Å². The Morgan fingerprint density at radius 1 is 1.46 bits per heavy atom. The molecule has 2 aromatic heterocycles. The van der Waals surface area contributed by atoms with E-state index in [1.165, 1.54) is 0 Å². The molecule has 4 nitrogen and oxygen atoms in total. The first-order valence-electron chi connectivity index (χ1n) is 3.74. The fourth-order valence-corrected chi connectivity index (χ4v) is 1.08. The molecule has 66 valence electrons. The zero-order valence-electron chi connectivity index (χ0n) is 6.94. The molecular formula is C8H7N3OS. The van der Waals surface area contributed by atoms with Gasteiger partial charge in [0.25, 0.3) is 0 Å². The van der Waals surface area contributed by atoms with Gasteiger partial charge in [-0.25, -0.2) is 0 Å². The molecule has 0 unspecified atom stereocenters. The molecule has 0 bridgehead atoms. The average Bonchev–Trinajstić information content (AvgIpc) is 2.53. The summed E-state index contributed by atoms with van der Waals surface area (Å²) in [6, 6.07) is 3.81. The van der Waals surface area contributed by atoms with Crippen molar-refractivity contribution in [2.75, 3.05) is 0 Å². The smallest absolute Gasteiger partial charge is 0.314 e. The van der Waals surface area contributed by atoms with Gasteiger partial charge in [0, 0.05) is 6.20 Å². The van der Waals surface area contributed by atoms with Gasteiger partial charge in [-0.2, -0.15) is 10.1 Å². The number of hydrogen-bond acceptors (Lipinski definition) is 4. The van der Waals surface area contributed by atoms with E-state index in [2.05, 4.69) is 15.1 Å². The lowest BCUT2D eigenvalue weighted by atomic mass is 10.3.